The van der Waals surface area contributed by atoms with Gasteiger partial charge in [-0.25, -0.2) is 4.98 Å². The van der Waals surface area contributed by atoms with Crippen molar-refractivity contribution in [1.82, 2.24) is 4.98 Å². The molecule has 94 valence electrons. The third-order valence-electron chi connectivity index (χ3n) is 2.42. The number of hydrogen-bond donors (Lipinski definition) is 2. The van der Waals surface area contributed by atoms with Gasteiger partial charge < -0.3 is 15.2 Å². The molecule has 1 aromatic heterocycles. The highest BCUT2D eigenvalue weighted by Crippen LogP contribution is 2.21. The third kappa shape index (κ3) is 3.67. The molecule has 0 aliphatic rings. The normalized spacial score (nSPS) is 13.9. The van der Waals surface area contributed by atoms with Crippen LogP contribution in [0.15, 0.2) is 16.7 Å². The van der Waals surface area contributed by atoms with E-state index in [0.29, 0.717) is 22.6 Å². The molecule has 1 amide bonds. The lowest BCUT2D eigenvalue weighted by Gasteiger charge is -2.20. The van der Waals surface area contributed by atoms with E-state index in [1.54, 1.807) is 19.1 Å². The van der Waals surface area contributed by atoms with Crippen LogP contribution in [0.5, 0.6) is 5.88 Å². The van der Waals surface area contributed by atoms with Crippen molar-refractivity contribution < 1.29 is 14.6 Å². The van der Waals surface area contributed by atoms with Crippen LogP contribution >= 0.6 is 15.9 Å². The molecule has 0 bridgehead atoms. The maximum Gasteiger partial charge on any atom is 0.256 e. The predicted molar refractivity (Wildman–Crippen MR) is 68.0 cm³/mol. The van der Waals surface area contributed by atoms with Crippen LogP contribution in [0.3, 0.4) is 0 Å². The standard InChI is InChI=1S/C11H15BrN2O3/c1-4-11(2,16)10(15)13-7-5-8(12)14-9(6-7)17-3/h5-6,16H,4H2,1-3H3,(H,13,14,15). The van der Waals surface area contributed by atoms with Gasteiger partial charge in [0.05, 0.1) is 7.11 Å². The second-order valence-corrected chi connectivity index (χ2v) is 4.61. The smallest absolute Gasteiger partial charge is 0.256 e. The number of rotatable bonds is 4. The number of aromatic nitrogens is 1. The molecule has 1 heterocycles. The van der Waals surface area contributed by atoms with Crippen LogP contribution in [0.25, 0.3) is 0 Å². The zero-order valence-corrected chi connectivity index (χ0v) is 11.5. The molecule has 0 aliphatic heterocycles. The Morgan fingerprint density at radius 3 is 2.82 bits per heavy atom. The van der Waals surface area contributed by atoms with Gasteiger partial charge in [0, 0.05) is 11.8 Å². The molecule has 17 heavy (non-hydrogen) atoms. The van der Waals surface area contributed by atoms with Gasteiger partial charge in [-0.1, -0.05) is 6.92 Å². The molecule has 0 saturated heterocycles. The van der Waals surface area contributed by atoms with Crippen LogP contribution in [-0.4, -0.2) is 28.7 Å². The Labute approximate surface area is 108 Å². The number of anilines is 1. The minimum Gasteiger partial charge on any atom is -0.481 e. The van der Waals surface area contributed by atoms with Gasteiger partial charge in [0.1, 0.15) is 10.2 Å². The average Bonchev–Trinajstić information content (AvgIpc) is 2.28. The first-order valence-corrected chi connectivity index (χ1v) is 5.93. The van der Waals surface area contributed by atoms with Gasteiger partial charge in [0.25, 0.3) is 5.91 Å². The highest BCUT2D eigenvalue weighted by Gasteiger charge is 2.27. The van der Waals surface area contributed by atoms with E-state index in [2.05, 4.69) is 26.2 Å². The van der Waals surface area contributed by atoms with Gasteiger partial charge in [0.15, 0.2) is 0 Å². The van der Waals surface area contributed by atoms with Crippen molar-refractivity contribution in [2.24, 2.45) is 0 Å². The van der Waals surface area contributed by atoms with Crippen molar-refractivity contribution in [2.45, 2.75) is 25.9 Å². The number of aliphatic hydroxyl groups is 1. The zero-order chi connectivity index (χ0) is 13.1. The summed E-state index contributed by atoms with van der Waals surface area (Å²) in [6, 6.07) is 3.21. The molecule has 0 aromatic carbocycles. The van der Waals surface area contributed by atoms with E-state index in [9.17, 15) is 9.90 Å². The first-order chi connectivity index (χ1) is 7.89. The number of ether oxygens (including phenoxy) is 1. The van der Waals surface area contributed by atoms with E-state index in [1.807, 2.05) is 0 Å². The van der Waals surface area contributed by atoms with Crippen LogP contribution in [0, 0.1) is 0 Å². The van der Waals surface area contributed by atoms with Crippen molar-refractivity contribution in [3.8, 4) is 5.88 Å². The maximum absolute atomic E-state index is 11.7. The summed E-state index contributed by atoms with van der Waals surface area (Å²) >= 11 is 3.21. The molecular weight excluding hydrogens is 288 g/mol. The molecule has 2 N–H and O–H groups in total. The summed E-state index contributed by atoms with van der Waals surface area (Å²) in [5.41, 5.74) is -0.870. The number of amides is 1. The van der Waals surface area contributed by atoms with Crippen molar-refractivity contribution in [1.29, 1.82) is 0 Å². The van der Waals surface area contributed by atoms with E-state index in [0.717, 1.165) is 0 Å². The Morgan fingerprint density at radius 2 is 2.29 bits per heavy atom. The Kier molecular flexibility index (Phi) is 4.47. The Morgan fingerprint density at radius 1 is 1.65 bits per heavy atom. The van der Waals surface area contributed by atoms with Crippen molar-refractivity contribution >= 4 is 27.5 Å². The van der Waals surface area contributed by atoms with Gasteiger partial charge in [-0.2, -0.15) is 0 Å². The molecule has 1 rings (SSSR count). The average molecular weight is 303 g/mol. The van der Waals surface area contributed by atoms with E-state index >= 15 is 0 Å². The molecule has 1 atom stereocenters. The van der Waals surface area contributed by atoms with Crippen LogP contribution in [0.1, 0.15) is 20.3 Å². The Bertz CT molecular complexity index is 421. The number of hydrogen-bond acceptors (Lipinski definition) is 4. The largest absolute Gasteiger partial charge is 0.481 e. The second kappa shape index (κ2) is 5.46. The monoisotopic (exact) mass is 302 g/mol. The number of nitrogens with zero attached hydrogens (tertiary/aromatic N) is 1. The minimum absolute atomic E-state index is 0.336. The number of nitrogens with one attached hydrogen (secondary N) is 1. The SMILES string of the molecule is CCC(C)(O)C(=O)Nc1cc(Br)nc(OC)c1. The van der Waals surface area contributed by atoms with Gasteiger partial charge in [0.2, 0.25) is 5.88 Å². The van der Waals surface area contributed by atoms with Gasteiger partial charge in [-0.3, -0.25) is 4.79 Å². The predicted octanol–water partition coefficient (Wildman–Crippen LogP) is 1.95. The van der Waals surface area contributed by atoms with E-state index in [4.69, 9.17) is 4.74 Å². The first kappa shape index (κ1) is 13.9. The lowest BCUT2D eigenvalue weighted by atomic mass is 10.0. The fraction of sp³-hybridized carbons (Fsp3) is 0.455. The summed E-state index contributed by atoms with van der Waals surface area (Å²) in [4.78, 5) is 15.8. The molecule has 6 heteroatoms. The summed E-state index contributed by atoms with van der Waals surface area (Å²) in [7, 11) is 1.49. The van der Waals surface area contributed by atoms with E-state index in [1.165, 1.54) is 14.0 Å². The summed E-state index contributed by atoms with van der Waals surface area (Å²) in [5, 5.41) is 12.4. The lowest BCUT2D eigenvalue weighted by molar-refractivity contribution is -0.132. The number of carbonyl (C=O) groups is 1. The molecular formula is C11H15BrN2O3. The Balaban J connectivity index is 2.88. The van der Waals surface area contributed by atoms with Gasteiger partial charge >= 0.3 is 0 Å². The summed E-state index contributed by atoms with van der Waals surface area (Å²) in [5.74, 6) is -0.0778. The molecule has 0 saturated carbocycles. The van der Waals surface area contributed by atoms with Gasteiger partial charge in [-0.15, -0.1) is 0 Å². The summed E-state index contributed by atoms with van der Waals surface area (Å²) < 4.78 is 5.52. The second-order valence-electron chi connectivity index (χ2n) is 3.80. The third-order valence-corrected chi connectivity index (χ3v) is 2.82. The quantitative estimate of drug-likeness (QED) is 0.834. The van der Waals surface area contributed by atoms with E-state index < -0.39 is 11.5 Å². The summed E-state index contributed by atoms with van der Waals surface area (Å²) in [6.45, 7) is 3.21. The number of halogens is 1. The highest BCUT2D eigenvalue weighted by molar-refractivity contribution is 9.10. The van der Waals surface area contributed by atoms with Crippen molar-refractivity contribution in [2.75, 3.05) is 12.4 Å². The first-order valence-electron chi connectivity index (χ1n) is 5.14. The fourth-order valence-electron chi connectivity index (χ4n) is 1.08. The maximum atomic E-state index is 11.7. The molecule has 5 nitrogen and oxygen atoms in total. The van der Waals surface area contributed by atoms with E-state index in [-0.39, 0.29) is 0 Å². The fourth-order valence-corrected chi connectivity index (χ4v) is 1.50. The van der Waals surface area contributed by atoms with Crippen LogP contribution < -0.4 is 10.1 Å². The lowest BCUT2D eigenvalue weighted by Crippen LogP contribution is -2.39. The molecule has 1 unspecified atom stereocenters. The molecule has 0 spiro atoms. The van der Waals surface area contributed by atoms with Gasteiger partial charge in [-0.05, 0) is 35.3 Å². The molecule has 0 aliphatic carbocycles. The highest BCUT2D eigenvalue weighted by atomic mass is 79.9. The van der Waals surface area contributed by atoms with Crippen molar-refractivity contribution in [3.63, 3.8) is 0 Å². The minimum atomic E-state index is -1.39. The molecule has 0 fully saturated rings. The molecule has 1 aromatic rings. The van der Waals surface area contributed by atoms with Crippen LogP contribution in [0.4, 0.5) is 5.69 Å². The zero-order valence-electron chi connectivity index (χ0n) is 9.95. The summed E-state index contributed by atoms with van der Waals surface area (Å²) in [6.07, 6.45) is 0.336. The van der Waals surface area contributed by atoms with Crippen LogP contribution in [0.2, 0.25) is 0 Å². The number of methoxy groups -OCH3 is 1. The Hall–Kier alpha value is -1.14. The molecule has 0 radical (unpaired) electrons. The topological polar surface area (TPSA) is 71.5 Å². The van der Waals surface area contributed by atoms with Crippen LogP contribution in [-0.2, 0) is 4.79 Å². The number of pyridine rings is 1. The number of carbonyl (C=O) groups excluding carboxylic acids is 1. The van der Waals surface area contributed by atoms with Crippen molar-refractivity contribution in [3.05, 3.63) is 16.7 Å².